The van der Waals surface area contributed by atoms with Crippen molar-refractivity contribution in [2.75, 3.05) is 19.8 Å². The normalized spacial score (nSPS) is 12.1. The van der Waals surface area contributed by atoms with Gasteiger partial charge in [0.1, 0.15) is 11.5 Å². The van der Waals surface area contributed by atoms with Crippen molar-refractivity contribution in [1.29, 1.82) is 0 Å². The van der Waals surface area contributed by atoms with Gasteiger partial charge in [-0.05, 0) is 44.5 Å². The molecule has 1 heterocycles. The van der Waals surface area contributed by atoms with Gasteiger partial charge in [-0.15, -0.1) is 0 Å². The molecular formula is C19H23F3NO5P. The fourth-order valence-electron chi connectivity index (χ4n) is 2.51. The van der Waals surface area contributed by atoms with Crippen molar-refractivity contribution in [3.05, 3.63) is 47.7 Å². The van der Waals surface area contributed by atoms with Crippen LogP contribution in [0.2, 0.25) is 0 Å². The maximum absolute atomic E-state index is 12.8. The number of halogens is 3. The molecule has 6 nitrogen and oxygen atoms in total. The molecule has 2 aromatic rings. The zero-order chi connectivity index (χ0) is 21.5. The Morgan fingerprint density at radius 3 is 2.14 bits per heavy atom. The van der Waals surface area contributed by atoms with Gasteiger partial charge in [0.15, 0.2) is 0 Å². The van der Waals surface area contributed by atoms with Gasteiger partial charge in [-0.25, -0.2) is 4.98 Å². The Kier molecular flexibility index (Phi) is 8.07. The number of benzene rings is 1. The molecule has 0 fully saturated rings. The lowest BCUT2D eigenvalue weighted by molar-refractivity contribution is -0.137. The van der Waals surface area contributed by atoms with Gasteiger partial charge in [-0.2, -0.15) is 13.2 Å². The Bertz CT molecular complexity index is 833. The molecule has 0 aliphatic carbocycles. The lowest BCUT2D eigenvalue weighted by Crippen LogP contribution is -2.05. The second kappa shape index (κ2) is 10.1. The van der Waals surface area contributed by atoms with E-state index in [1.54, 1.807) is 39.0 Å². The van der Waals surface area contributed by atoms with Crippen molar-refractivity contribution in [3.63, 3.8) is 0 Å². The lowest BCUT2D eigenvalue weighted by atomic mass is 10.2. The highest BCUT2D eigenvalue weighted by Crippen LogP contribution is 2.51. The predicted molar refractivity (Wildman–Crippen MR) is 101 cm³/mol. The Balaban J connectivity index is 2.28. The van der Waals surface area contributed by atoms with Crippen LogP contribution in [0, 0.1) is 0 Å². The van der Waals surface area contributed by atoms with Crippen molar-refractivity contribution in [2.24, 2.45) is 0 Å². The van der Waals surface area contributed by atoms with E-state index in [4.69, 9.17) is 18.5 Å². The van der Waals surface area contributed by atoms with Crippen LogP contribution in [-0.2, 0) is 26.0 Å². The molecule has 0 bridgehead atoms. The molecule has 29 heavy (non-hydrogen) atoms. The van der Waals surface area contributed by atoms with Gasteiger partial charge in [-0.1, -0.05) is 0 Å². The van der Waals surface area contributed by atoms with Crippen LogP contribution in [0.25, 0.3) is 0 Å². The second-order valence-corrected chi connectivity index (χ2v) is 7.89. The molecule has 1 aromatic heterocycles. The average molecular weight is 433 g/mol. The summed E-state index contributed by atoms with van der Waals surface area (Å²) in [5, 5.41) is 0. The molecule has 0 amide bonds. The zero-order valence-corrected chi connectivity index (χ0v) is 17.3. The van der Waals surface area contributed by atoms with Crippen molar-refractivity contribution >= 4 is 7.60 Å². The molecule has 0 unspecified atom stereocenters. The van der Waals surface area contributed by atoms with Gasteiger partial charge >= 0.3 is 13.8 Å². The first-order valence-corrected chi connectivity index (χ1v) is 10.8. The molecule has 0 saturated carbocycles. The summed E-state index contributed by atoms with van der Waals surface area (Å²) in [7, 11) is -3.36. The molecule has 0 aliphatic heterocycles. The van der Waals surface area contributed by atoms with Gasteiger partial charge in [0.05, 0.1) is 31.5 Å². The summed E-state index contributed by atoms with van der Waals surface area (Å²) in [6.45, 7) is 6.06. The van der Waals surface area contributed by atoms with E-state index in [1.807, 2.05) is 0 Å². The number of nitrogens with zero attached hydrogens (tertiary/aromatic N) is 1. The zero-order valence-electron chi connectivity index (χ0n) is 16.4. The molecule has 10 heteroatoms. The molecule has 0 saturated heterocycles. The molecule has 160 valence electrons. The topological polar surface area (TPSA) is 66.9 Å². The van der Waals surface area contributed by atoms with E-state index in [-0.39, 0.29) is 31.0 Å². The summed E-state index contributed by atoms with van der Waals surface area (Å²) >= 11 is 0. The van der Waals surface area contributed by atoms with Crippen molar-refractivity contribution in [2.45, 2.75) is 33.1 Å². The van der Waals surface area contributed by atoms with E-state index in [9.17, 15) is 17.7 Å². The standard InChI is InChI=1S/C19H23F3NO5P/c1-4-25-16-9-14(13-29(24,26-5-2)27-6-3)10-17(11-16)28-18-8-7-15(12-23-18)19(20,21)22/h7-12H,4-6,13H2,1-3H3. The number of aromatic nitrogens is 1. The quantitative estimate of drug-likeness (QED) is 0.425. The number of ether oxygens (including phenoxy) is 2. The Labute approximate surface area is 167 Å². The second-order valence-electron chi connectivity index (χ2n) is 5.84. The van der Waals surface area contributed by atoms with Crippen LogP contribution >= 0.6 is 7.60 Å². The molecule has 0 atom stereocenters. The number of alkyl halides is 3. The highest BCUT2D eigenvalue weighted by atomic mass is 31.2. The fraction of sp³-hybridized carbons (Fsp3) is 0.421. The third-order valence-corrected chi connectivity index (χ3v) is 5.62. The van der Waals surface area contributed by atoms with Crippen LogP contribution in [0.1, 0.15) is 31.9 Å². The summed E-state index contributed by atoms with van der Waals surface area (Å²) in [6, 6.07) is 6.85. The minimum absolute atomic E-state index is 0.00755. The summed E-state index contributed by atoms with van der Waals surface area (Å²) < 4.78 is 72.5. The smallest absolute Gasteiger partial charge is 0.417 e. The van der Waals surface area contributed by atoms with Gasteiger partial charge in [-0.3, -0.25) is 4.57 Å². The van der Waals surface area contributed by atoms with Crippen molar-refractivity contribution < 1.29 is 36.3 Å². The molecular weight excluding hydrogens is 410 g/mol. The van der Waals surface area contributed by atoms with Gasteiger partial charge in [0.25, 0.3) is 0 Å². The maximum Gasteiger partial charge on any atom is 0.417 e. The minimum atomic E-state index is -4.48. The monoisotopic (exact) mass is 433 g/mol. The highest BCUT2D eigenvalue weighted by Gasteiger charge is 2.30. The van der Waals surface area contributed by atoms with Gasteiger partial charge < -0.3 is 18.5 Å². The summed E-state index contributed by atoms with van der Waals surface area (Å²) in [5.41, 5.74) is -0.300. The first-order valence-electron chi connectivity index (χ1n) is 9.05. The largest absolute Gasteiger partial charge is 0.494 e. The number of hydrogen-bond acceptors (Lipinski definition) is 6. The fourth-order valence-corrected chi connectivity index (χ4v) is 4.18. The van der Waals surface area contributed by atoms with E-state index in [0.29, 0.717) is 24.1 Å². The van der Waals surface area contributed by atoms with Crippen LogP contribution in [0.4, 0.5) is 13.2 Å². The maximum atomic E-state index is 12.8. The number of hydrogen-bond donors (Lipinski definition) is 0. The Hall–Kier alpha value is -2.09. The number of pyridine rings is 1. The SMILES string of the molecule is CCOc1cc(CP(=O)(OCC)OCC)cc(Oc2ccc(C(F)(F)F)cn2)c1. The Morgan fingerprint density at radius 1 is 0.966 bits per heavy atom. The minimum Gasteiger partial charge on any atom is -0.494 e. The summed E-state index contributed by atoms with van der Waals surface area (Å²) in [4.78, 5) is 3.69. The number of rotatable bonds is 10. The third kappa shape index (κ3) is 7.03. The first-order chi connectivity index (χ1) is 13.7. The summed E-state index contributed by atoms with van der Waals surface area (Å²) in [5.74, 6) is 0.708. The van der Waals surface area contributed by atoms with E-state index in [1.165, 1.54) is 0 Å². The van der Waals surface area contributed by atoms with Crippen LogP contribution < -0.4 is 9.47 Å². The highest BCUT2D eigenvalue weighted by molar-refractivity contribution is 7.53. The molecule has 0 radical (unpaired) electrons. The van der Waals surface area contributed by atoms with Crippen LogP contribution in [0.15, 0.2) is 36.5 Å². The molecule has 1 aromatic carbocycles. The third-order valence-electron chi connectivity index (χ3n) is 3.56. The van der Waals surface area contributed by atoms with Gasteiger partial charge in [0, 0.05) is 18.3 Å². The molecule has 0 aliphatic rings. The van der Waals surface area contributed by atoms with Gasteiger partial charge in [0.2, 0.25) is 5.88 Å². The summed E-state index contributed by atoms with van der Waals surface area (Å²) in [6.07, 6.45) is -3.79. The van der Waals surface area contributed by atoms with Crippen LogP contribution in [0.3, 0.4) is 0 Å². The first kappa shape index (κ1) is 23.2. The van der Waals surface area contributed by atoms with E-state index >= 15 is 0 Å². The molecule has 0 N–H and O–H groups in total. The van der Waals surface area contributed by atoms with Crippen LogP contribution in [-0.4, -0.2) is 24.8 Å². The Morgan fingerprint density at radius 2 is 1.62 bits per heavy atom. The van der Waals surface area contributed by atoms with E-state index < -0.39 is 19.3 Å². The average Bonchev–Trinajstić information content (AvgIpc) is 2.61. The van der Waals surface area contributed by atoms with E-state index in [2.05, 4.69) is 4.98 Å². The molecule has 2 rings (SSSR count). The van der Waals surface area contributed by atoms with E-state index in [0.717, 1.165) is 12.1 Å². The van der Waals surface area contributed by atoms with Crippen molar-refractivity contribution in [3.8, 4) is 17.4 Å². The molecule has 0 spiro atoms. The predicted octanol–water partition coefficient (Wildman–Crippen LogP) is 6.06. The van der Waals surface area contributed by atoms with Crippen molar-refractivity contribution in [1.82, 2.24) is 4.98 Å². The lowest BCUT2D eigenvalue weighted by Gasteiger charge is -2.18. The van der Waals surface area contributed by atoms with Crippen LogP contribution in [0.5, 0.6) is 17.4 Å².